The fraction of sp³-hybridized carbons (Fsp3) is 0.409. The van der Waals surface area contributed by atoms with Crippen LogP contribution in [0.25, 0.3) is 22.0 Å². The summed E-state index contributed by atoms with van der Waals surface area (Å²) >= 11 is 0. The lowest BCUT2D eigenvalue weighted by molar-refractivity contribution is 0.221. The van der Waals surface area contributed by atoms with Crippen LogP contribution < -0.4 is 10.1 Å². The number of aromatic nitrogens is 3. The third-order valence-corrected chi connectivity index (χ3v) is 5.68. The zero-order valence-electron chi connectivity index (χ0n) is 16.7. The molecule has 0 saturated heterocycles. The summed E-state index contributed by atoms with van der Waals surface area (Å²) in [5, 5.41) is 4.72. The highest BCUT2D eigenvalue weighted by molar-refractivity contribution is 5.92. The van der Waals surface area contributed by atoms with Gasteiger partial charge in [-0.1, -0.05) is 6.07 Å². The van der Waals surface area contributed by atoms with Crippen molar-refractivity contribution in [1.82, 2.24) is 19.9 Å². The molecule has 0 unspecified atom stereocenters. The van der Waals surface area contributed by atoms with E-state index in [1.807, 2.05) is 18.2 Å². The van der Waals surface area contributed by atoms with Crippen molar-refractivity contribution in [3.05, 3.63) is 42.9 Å². The Labute approximate surface area is 166 Å². The van der Waals surface area contributed by atoms with Crippen LogP contribution in [0, 0.1) is 0 Å². The maximum atomic E-state index is 5.26. The molecule has 2 aromatic heterocycles. The summed E-state index contributed by atoms with van der Waals surface area (Å²) in [4.78, 5) is 15.5. The predicted molar refractivity (Wildman–Crippen MR) is 113 cm³/mol. The van der Waals surface area contributed by atoms with Gasteiger partial charge in [-0.05, 0) is 69.1 Å². The van der Waals surface area contributed by atoms with Crippen LogP contribution in [0.2, 0.25) is 0 Å². The standard InChI is InChI=1S/C22H27N5O/c1-27(2)18-7-5-17(6-8-18)26-22-19-12-15(4-9-20(19)24-14-25-22)16-10-11-23-21(13-16)28-3/h4,9-14,17-18H,5-8H2,1-3H3,(H,24,25,26)/t17-,18-. The van der Waals surface area contributed by atoms with Gasteiger partial charge in [0.1, 0.15) is 12.1 Å². The number of anilines is 1. The van der Waals surface area contributed by atoms with Crippen LogP contribution in [0.3, 0.4) is 0 Å². The van der Waals surface area contributed by atoms with E-state index in [0.29, 0.717) is 18.0 Å². The van der Waals surface area contributed by atoms with Gasteiger partial charge in [-0.2, -0.15) is 0 Å². The monoisotopic (exact) mass is 377 g/mol. The van der Waals surface area contributed by atoms with Crippen molar-refractivity contribution < 1.29 is 4.74 Å². The van der Waals surface area contributed by atoms with Gasteiger partial charge in [0.2, 0.25) is 5.88 Å². The van der Waals surface area contributed by atoms with E-state index in [1.165, 1.54) is 12.8 Å². The molecule has 0 amide bonds. The summed E-state index contributed by atoms with van der Waals surface area (Å²) in [6.45, 7) is 0. The first kappa shape index (κ1) is 18.6. The van der Waals surface area contributed by atoms with Gasteiger partial charge >= 0.3 is 0 Å². The maximum Gasteiger partial charge on any atom is 0.213 e. The summed E-state index contributed by atoms with van der Waals surface area (Å²) in [5.74, 6) is 1.53. The highest BCUT2D eigenvalue weighted by Gasteiger charge is 2.23. The van der Waals surface area contributed by atoms with E-state index in [2.05, 4.69) is 51.4 Å². The molecule has 1 aliphatic rings. The van der Waals surface area contributed by atoms with Gasteiger partial charge in [0, 0.05) is 29.7 Å². The summed E-state index contributed by atoms with van der Waals surface area (Å²) in [6.07, 6.45) is 8.17. The van der Waals surface area contributed by atoms with E-state index in [1.54, 1.807) is 19.6 Å². The molecule has 1 N–H and O–H groups in total. The summed E-state index contributed by atoms with van der Waals surface area (Å²) in [5.41, 5.74) is 3.11. The zero-order chi connectivity index (χ0) is 19.5. The highest BCUT2D eigenvalue weighted by atomic mass is 16.5. The second-order valence-electron chi connectivity index (χ2n) is 7.65. The zero-order valence-corrected chi connectivity index (χ0v) is 16.7. The number of ether oxygens (including phenoxy) is 1. The Balaban J connectivity index is 1.60. The average molecular weight is 377 g/mol. The van der Waals surface area contributed by atoms with E-state index in [-0.39, 0.29) is 0 Å². The first-order valence-corrected chi connectivity index (χ1v) is 9.82. The minimum absolute atomic E-state index is 0.457. The van der Waals surface area contributed by atoms with Crippen molar-refractivity contribution in [3.8, 4) is 17.0 Å². The molecule has 4 rings (SSSR count). The van der Waals surface area contributed by atoms with Crippen molar-refractivity contribution in [2.45, 2.75) is 37.8 Å². The third kappa shape index (κ3) is 3.92. The lowest BCUT2D eigenvalue weighted by Crippen LogP contribution is -2.36. The fourth-order valence-corrected chi connectivity index (χ4v) is 3.98. The number of rotatable bonds is 5. The second kappa shape index (κ2) is 8.10. The number of fused-ring (bicyclic) bond motifs is 1. The highest BCUT2D eigenvalue weighted by Crippen LogP contribution is 2.30. The van der Waals surface area contributed by atoms with E-state index in [4.69, 9.17) is 4.74 Å². The van der Waals surface area contributed by atoms with E-state index in [0.717, 1.165) is 40.7 Å². The molecular weight excluding hydrogens is 350 g/mol. The second-order valence-corrected chi connectivity index (χ2v) is 7.65. The van der Waals surface area contributed by atoms with Crippen LogP contribution in [0.4, 0.5) is 5.82 Å². The molecule has 1 aliphatic carbocycles. The Morgan fingerprint density at radius 1 is 0.964 bits per heavy atom. The molecule has 146 valence electrons. The van der Waals surface area contributed by atoms with Crippen molar-refractivity contribution in [2.24, 2.45) is 0 Å². The Hall–Kier alpha value is -2.73. The minimum atomic E-state index is 0.457. The van der Waals surface area contributed by atoms with Gasteiger partial charge in [-0.3, -0.25) is 0 Å². The molecule has 0 spiro atoms. The molecule has 0 radical (unpaired) electrons. The molecule has 0 bridgehead atoms. The molecule has 0 atom stereocenters. The summed E-state index contributed by atoms with van der Waals surface area (Å²) < 4.78 is 5.26. The van der Waals surface area contributed by atoms with Gasteiger partial charge in [0.15, 0.2) is 0 Å². The topological polar surface area (TPSA) is 63.2 Å². The largest absolute Gasteiger partial charge is 0.481 e. The van der Waals surface area contributed by atoms with Crippen molar-refractivity contribution in [2.75, 3.05) is 26.5 Å². The van der Waals surface area contributed by atoms with Crippen LogP contribution in [0.1, 0.15) is 25.7 Å². The number of methoxy groups -OCH3 is 1. The van der Waals surface area contributed by atoms with Gasteiger partial charge in [0.25, 0.3) is 0 Å². The number of hydrogen-bond acceptors (Lipinski definition) is 6. The molecule has 0 aliphatic heterocycles. The molecule has 1 aromatic carbocycles. The van der Waals surface area contributed by atoms with Gasteiger partial charge < -0.3 is 15.0 Å². The van der Waals surface area contributed by atoms with Gasteiger partial charge in [0.05, 0.1) is 12.6 Å². The lowest BCUT2D eigenvalue weighted by Gasteiger charge is -2.33. The van der Waals surface area contributed by atoms with E-state index in [9.17, 15) is 0 Å². The molecule has 28 heavy (non-hydrogen) atoms. The molecule has 2 heterocycles. The SMILES string of the molecule is COc1cc(-c2ccc3ncnc(N[C@H]4CC[C@H](N(C)C)CC4)c3c2)ccn1. The van der Waals surface area contributed by atoms with E-state index >= 15 is 0 Å². The first-order chi connectivity index (χ1) is 13.6. The van der Waals surface area contributed by atoms with Crippen LogP contribution in [-0.4, -0.2) is 53.1 Å². The van der Waals surface area contributed by atoms with Crippen LogP contribution in [-0.2, 0) is 0 Å². The van der Waals surface area contributed by atoms with E-state index < -0.39 is 0 Å². The summed E-state index contributed by atoms with van der Waals surface area (Å²) in [7, 11) is 5.98. The number of nitrogens with zero attached hydrogens (tertiary/aromatic N) is 4. The van der Waals surface area contributed by atoms with Crippen molar-refractivity contribution >= 4 is 16.7 Å². The molecule has 3 aromatic rings. The predicted octanol–water partition coefficient (Wildman–Crippen LogP) is 3.99. The molecule has 6 heteroatoms. The van der Waals surface area contributed by atoms with Gasteiger partial charge in [-0.15, -0.1) is 0 Å². The molecule has 1 saturated carbocycles. The first-order valence-electron chi connectivity index (χ1n) is 9.82. The molecule has 6 nitrogen and oxygen atoms in total. The smallest absolute Gasteiger partial charge is 0.213 e. The number of pyridine rings is 1. The normalized spacial score (nSPS) is 19.7. The van der Waals surface area contributed by atoms with Crippen LogP contribution in [0.5, 0.6) is 5.88 Å². The quantitative estimate of drug-likeness (QED) is 0.725. The van der Waals surface area contributed by atoms with Crippen LogP contribution in [0.15, 0.2) is 42.9 Å². The Bertz CT molecular complexity index is 951. The van der Waals surface area contributed by atoms with Crippen LogP contribution >= 0.6 is 0 Å². The Kier molecular flexibility index (Phi) is 5.39. The van der Waals surface area contributed by atoms with Crippen molar-refractivity contribution in [1.29, 1.82) is 0 Å². The lowest BCUT2D eigenvalue weighted by atomic mass is 9.90. The number of hydrogen-bond donors (Lipinski definition) is 1. The molecule has 1 fully saturated rings. The number of benzene rings is 1. The van der Waals surface area contributed by atoms with Crippen molar-refractivity contribution in [3.63, 3.8) is 0 Å². The molecular formula is C22H27N5O. The number of nitrogens with one attached hydrogen (secondary N) is 1. The average Bonchev–Trinajstić information content (AvgIpc) is 2.74. The minimum Gasteiger partial charge on any atom is -0.481 e. The fourth-order valence-electron chi connectivity index (χ4n) is 3.98. The maximum absolute atomic E-state index is 5.26. The Morgan fingerprint density at radius 2 is 1.75 bits per heavy atom. The Morgan fingerprint density at radius 3 is 2.50 bits per heavy atom. The van der Waals surface area contributed by atoms with Gasteiger partial charge in [-0.25, -0.2) is 15.0 Å². The summed E-state index contributed by atoms with van der Waals surface area (Å²) in [6, 6.07) is 11.4. The third-order valence-electron chi connectivity index (χ3n) is 5.68.